The molecule has 0 radical (unpaired) electrons. The lowest BCUT2D eigenvalue weighted by Gasteiger charge is -2.13. The second kappa shape index (κ2) is 11.0. The summed E-state index contributed by atoms with van der Waals surface area (Å²) in [4.78, 5) is 24.2. The van der Waals surface area contributed by atoms with E-state index in [1.165, 1.54) is 31.6 Å². The number of nitrogens with one attached hydrogen (secondary N) is 3. The van der Waals surface area contributed by atoms with Crippen molar-refractivity contribution >= 4 is 33.4 Å². The van der Waals surface area contributed by atoms with E-state index in [4.69, 9.17) is 20.8 Å². The van der Waals surface area contributed by atoms with Gasteiger partial charge in [0.15, 0.2) is 0 Å². The van der Waals surface area contributed by atoms with Crippen molar-refractivity contribution in [1.29, 1.82) is 0 Å². The Balaban J connectivity index is 1.65. The Morgan fingerprint density at radius 1 is 1.03 bits per heavy atom. The first-order valence-corrected chi connectivity index (χ1v) is 11.6. The molecule has 9 nitrogen and oxygen atoms in total. The van der Waals surface area contributed by atoms with Crippen molar-refractivity contribution in [3.63, 3.8) is 0 Å². The number of carbonyl (C=O) groups excluding carboxylic acids is 2. The largest absolute Gasteiger partial charge is 0.495 e. The molecular weight excluding hydrogens is 470 g/mol. The number of ether oxygens (including phenoxy) is 1. The summed E-state index contributed by atoms with van der Waals surface area (Å²) >= 11 is 5.85. The van der Waals surface area contributed by atoms with Gasteiger partial charge in [0.2, 0.25) is 15.9 Å². The van der Waals surface area contributed by atoms with Crippen molar-refractivity contribution in [1.82, 2.24) is 15.4 Å². The molecule has 0 fully saturated rings. The molecule has 174 valence electrons. The minimum absolute atomic E-state index is 0.0227. The summed E-state index contributed by atoms with van der Waals surface area (Å²) in [6.45, 7) is -0.0800. The highest BCUT2D eigenvalue weighted by Gasteiger charge is 2.22. The van der Waals surface area contributed by atoms with Crippen molar-refractivity contribution in [3.05, 3.63) is 82.8 Å². The molecule has 0 saturated carbocycles. The molecule has 2 aromatic carbocycles. The molecule has 11 heteroatoms. The molecule has 3 rings (SSSR count). The number of hydrogen-bond acceptors (Lipinski definition) is 6. The summed E-state index contributed by atoms with van der Waals surface area (Å²) in [6, 6.07) is 14.1. The normalized spacial score (nSPS) is 11.1. The zero-order valence-corrected chi connectivity index (χ0v) is 19.2. The van der Waals surface area contributed by atoms with Gasteiger partial charge in [0.1, 0.15) is 16.4 Å². The third kappa shape index (κ3) is 6.82. The SMILES string of the molecule is COc1ccc(C(=O)NCC(=O)NCc2ccco2)cc1S(=O)(=O)NCc1ccc(Cl)cc1. The summed E-state index contributed by atoms with van der Waals surface area (Å²) in [6.07, 6.45) is 1.49. The maximum Gasteiger partial charge on any atom is 0.251 e. The lowest BCUT2D eigenvalue weighted by molar-refractivity contribution is -0.120. The Morgan fingerprint density at radius 3 is 2.45 bits per heavy atom. The van der Waals surface area contributed by atoms with E-state index in [1.807, 2.05) is 0 Å². The molecule has 1 aromatic heterocycles. The maximum atomic E-state index is 12.9. The Morgan fingerprint density at radius 2 is 1.79 bits per heavy atom. The Hall–Kier alpha value is -3.34. The number of halogens is 1. The lowest BCUT2D eigenvalue weighted by atomic mass is 10.2. The van der Waals surface area contributed by atoms with Gasteiger partial charge in [-0.15, -0.1) is 0 Å². The molecule has 0 bridgehead atoms. The highest BCUT2D eigenvalue weighted by atomic mass is 35.5. The zero-order chi connectivity index (χ0) is 23.8. The van der Waals surface area contributed by atoms with E-state index in [1.54, 1.807) is 36.4 Å². The van der Waals surface area contributed by atoms with Gasteiger partial charge >= 0.3 is 0 Å². The van der Waals surface area contributed by atoms with Gasteiger partial charge in [-0.25, -0.2) is 13.1 Å². The number of methoxy groups -OCH3 is 1. The lowest BCUT2D eigenvalue weighted by Crippen LogP contribution is -2.36. The highest BCUT2D eigenvalue weighted by molar-refractivity contribution is 7.89. The third-order valence-electron chi connectivity index (χ3n) is 4.54. The topological polar surface area (TPSA) is 127 Å². The first-order valence-electron chi connectivity index (χ1n) is 9.78. The Bertz CT molecular complexity index is 1210. The molecule has 33 heavy (non-hydrogen) atoms. The van der Waals surface area contributed by atoms with Crippen LogP contribution in [0.5, 0.6) is 5.75 Å². The van der Waals surface area contributed by atoms with Crippen LogP contribution in [0.15, 0.2) is 70.2 Å². The van der Waals surface area contributed by atoms with E-state index in [2.05, 4.69) is 15.4 Å². The third-order valence-corrected chi connectivity index (χ3v) is 6.22. The number of hydrogen-bond donors (Lipinski definition) is 3. The van der Waals surface area contributed by atoms with Crippen LogP contribution in [0.4, 0.5) is 0 Å². The van der Waals surface area contributed by atoms with Crippen molar-refractivity contribution < 1.29 is 27.2 Å². The fraction of sp³-hybridized carbons (Fsp3) is 0.182. The fourth-order valence-corrected chi connectivity index (χ4v) is 4.15. The average molecular weight is 492 g/mol. The van der Waals surface area contributed by atoms with E-state index in [0.29, 0.717) is 16.3 Å². The Kier molecular flexibility index (Phi) is 8.10. The first kappa shape index (κ1) is 24.3. The van der Waals surface area contributed by atoms with E-state index < -0.39 is 21.8 Å². The smallest absolute Gasteiger partial charge is 0.251 e. The Labute approximate surface area is 196 Å². The summed E-state index contributed by atoms with van der Waals surface area (Å²) in [5.74, 6) is -0.386. The number of rotatable bonds is 10. The van der Waals surface area contributed by atoms with Crippen molar-refractivity contribution in [2.75, 3.05) is 13.7 Å². The molecule has 0 aliphatic carbocycles. The van der Waals surface area contributed by atoms with Crippen LogP contribution in [0.2, 0.25) is 5.02 Å². The first-order chi connectivity index (χ1) is 15.8. The van der Waals surface area contributed by atoms with Crippen LogP contribution in [0, 0.1) is 0 Å². The van der Waals surface area contributed by atoms with Crippen LogP contribution in [-0.4, -0.2) is 33.9 Å². The zero-order valence-electron chi connectivity index (χ0n) is 17.6. The van der Waals surface area contributed by atoms with Gasteiger partial charge in [-0.2, -0.15) is 0 Å². The van der Waals surface area contributed by atoms with Gasteiger partial charge in [0.05, 0.1) is 26.5 Å². The second-order valence-corrected chi connectivity index (χ2v) is 9.03. The van der Waals surface area contributed by atoms with Crippen LogP contribution >= 0.6 is 11.6 Å². The van der Waals surface area contributed by atoms with E-state index in [9.17, 15) is 18.0 Å². The summed E-state index contributed by atoms with van der Waals surface area (Å²) in [5, 5.41) is 5.60. The molecule has 0 aliphatic rings. The van der Waals surface area contributed by atoms with Gasteiger partial charge in [-0.3, -0.25) is 9.59 Å². The van der Waals surface area contributed by atoms with Crippen LogP contribution in [-0.2, 0) is 27.9 Å². The quantitative estimate of drug-likeness (QED) is 0.400. The van der Waals surface area contributed by atoms with E-state index in [0.717, 1.165) is 0 Å². The molecule has 0 atom stereocenters. The predicted octanol–water partition coefficient (Wildman–Crippen LogP) is 2.47. The molecular formula is C22H22ClN3O6S. The molecule has 3 N–H and O–H groups in total. The van der Waals surface area contributed by atoms with Gasteiger partial charge in [-0.1, -0.05) is 23.7 Å². The molecule has 0 aliphatic heterocycles. The number of amides is 2. The summed E-state index contributed by atoms with van der Waals surface area (Å²) in [5.41, 5.74) is 0.762. The monoisotopic (exact) mass is 491 g/mol. The van der Waals surface area contributed by atoms with Gasteiger partial charge in [0.25, 0.3) is 5.91 Å². The number of carbonyl (C=O) groups is 2. The molecule has 1 heterocycles. The summed E-state index contributed by atoms with van der Waals surface area (Å²) < 4.78 is 38.5. The van der Waals surface area contributed by atoms with Crippen molar-refractivity contribution in [2.45, 2.75) is 18.0 Å². The number of sulfonamides is 1. The number of furan rings is 1. The van der Waals surface area contributed by atoms with Crippen LogP contribution in [0.1, 0.15) is 21.7 Å². The van der Waals surface area contributed by atoms with Gasteiger partial charge in [-0.05, 0) is 48.0 Å². The molecule has 0 unspecified atom stereocenters. The van der Waals surface area contributed by atoms with Crippen LogP contribution < -0.4 is 20.1 Å². The summed E-state index contributed by atoms with van der Waals surface area (Å²) in [7, 11) is -2.68. The van der Waals surface area contributed by atoms with Gasteiger partial charge in [0, 0.05) is 17.1 Å². The van der Waals surface area contributed by atoms with Crippen LogP contribution in [0.3, 0.4) is 0 Å². The fourth-order valence-electron chi connectivity index (χ4n) is 2.81. The van der Waals surface area contributed by atoms with Crippen molar-refractivity contribution in [2.24, 2.45) is 0 Å². The molecule has 0 saturated heterocycles. The van der Waals surface area contributed by atoms with Crippen molar-refractivity contribution in [3.8, 4) is 5.75 Å². The standard InChI is InChI=1S/C22H22ClN3O6S/c1-31-19-9-6-16(22(28)25-14-21(27)24-13-18-3-2-10-32-18)11-20(19)33(29,30)26-12-15-4-7-17(23)8-5-15/h2-11,26H,12-14H2,1H3,(H,24,27)(H,25,28). The van der Waals surface area contributed by atoms with Gasteiger partial charge < -0.3 is 19.8 Å². The minimum atomic E-state index is -4.01. The second-order valence-electron chi connectivity index (χ2n) is 6.86. The number of benzene rings is 2. The molecule has 0 spiro atoms. The predicted molar refractivity (Wildman–Crippen MR) is 121 cm³/mol. The van der Waals surface area contributed by atoms with Crippen LogP contribution in [0.25, 0.3) is 0 Å². The highest BCUT2D eigenvalue weighted by Crippen LogP contribution is 2.25. The minimum Gasteiger partial charge on any atom is -0.495 e. The average Bonchev–Trinajstić information content (AvgIpc) is 3.34. The van der Waals surface area contributed by atoms with E-state index in [-0.39, 0.29) is 35.8 Å². The van der Waals surface area contributed by atoms with E-state index >= 15 is 0 Å². The molecule has 3 aromatic rings. The maximum absolute atomic E-state index is 12.9. The molecule has 2 amide bonds.